The molecular weight excluding hydrogens is 376 g/mol. The molecule has 0 spiro atoms. The Hall–Kier alpha value is -3.26. The molecule has 7 nitrogen and oxygen atoms in total. The predicted molar refractivity (Wildman–Crippen MR) is 107 cm³/mol. The number of hydrogen-bond acceptors (Lipinski definition) is 6. The van der Waals surface area contributed by atoms with Gasteiger partial charge in [-0.2, -0.15) is 5.10 Å². The van der Waals surface area contributed by atoms with E-state index in [-0.39, 0.29) is 11.2 Å². The highest BCUT2D eigenvalue weighted by molar-refractivity contribution is 7.12. The molecule has 0 radical (unpaired) electrons. The summed E-state index contributed by atoms with van der Waals surface area (Å²) in [5.74, 6) is -0.415. The molecule has 0 atom stereocenters. The summed E-state index contributed by atoms with van der Waals surface area (Å²) >= 11 is 1.51. The van der Waals surface area contributed by atoms with Gasteiger partial charge in [0.2, 0.25) is 5.13 Å². The number of para-hydroxylation sites is 1. The Kier molecular flexibility index (Phi) is 4.79. The van der Waals surface area contributed by atoms with E-state index in [1.807, 2.05) is 30.0 Å². The third-order valence-corrected chi connectivity index (χ3v) is 5.12. The first-order valence-corrected chi connectivity index (χ1v) is 9.68. The SMILES string of the molecule is Cc1cc(C)n(-c2nc(CCNC(=O)c3cc(=O)c4ccccc4o3)cs2)n1. The zero-order chi connectivity index (χ0) is 19.7. The minimum atomic E-state index is -0.420. The second-order valence-electron chi connectivity index (χ2n) is 6.44. The van der Waals surface area contributed by atoms with Crippen LogP contribution < -0.4 is 10.7 Å². The van der Waals surface area contributed by atoms with Crippen molar-refractivity contribution in [3.8, 4) is 5.13 Å². The molecule has 4 rings (SSSR count). The van der Waals surface area contributed by atoms with Crippen LogP contribution in [-0.2, 0) is 6.42 Å². The van der Waals surface area contributed by atoms with E-state index >= 15 is 0 Å². The summed E-state index contributed by atoms with van der Waals surface area (Å²) < 4.78 is 7.36. The van der Waals surface area contributed by atoms with Gasteiger partial charge < -0.3 is 9.73 Å². The summed E-state index contributed by atoms with van der Waals surface area (Å²) in [5, 5.41) is 10.4. The van der Waals surface area contributed by atoms with Gasteiger partial charge in [0, 0.05) is 30.1 Å². The highest BCUT2D eigenvalue weighted by Crippen LogP contribution is 2.17. The Labute approximate surface area is 164 Å². The highest BCUT2D eigenvalue weighted by Gasteiger charge is 2.13. The molecule has 1 amide bonds. The molecule has 0 saturated carbocycles. The fourth-order valence-electron chi connectivity index (χ4n) is 2.94. The molecule has 0 aliphatic heterocycles. The van der Waals surface area contributed by atoms with Crippen LogP contribution >= 0.6 is 11.3 Å². The maximum atomic E-state index is 12.3. The molecule has 0 aliphatic carbocycles. The number of benzene rings is 1. The Balaban J connectivity index is 1.41. The first kappa shape index (κ1) is 18.1. The van der Waals surface area contributed by atoms with Gasteiger partial charge >= 0.3 is 0 Å². The number of nitrogens with zero attached hydrogens (tertiary/aromatic N) is 3. The van der Waals surface area contributed by atoms with Gasteiger partial charge in [-0.1, -0.05) is 12.1 Å². The van der Waals surface area contributed by atoms with Crippen LogP contribution in [0.2, 0.25) is 0 Å². The first-order valence-electron chi connectivity index (χ1n) is 8.80. The number of amides is 1. The second-order valence-corrected chi connectivity index (χ2v) is 7.27. The Bertz CT molecular complexity index is 1220. The van der Waals surface area contributed by atoms with Crippen molar-refractivity contribution in [3.63, 3.8) is 0 Å². The van der Waals surface area contributed by atoms with Gasteiger partial charge in [0.25, 0.3) is 5.91 Å². The number of nitrogens with one attached hydrogen (secondary N) is 1. The van der Waals surface area contributed by atoms with E-state index in [2.05, 4.69) is 15.4 Å². The number of carbonyl (C=O) groups is 1. The second kappa shape index (κ2) is 7.40. The molecule has 4 aromatic rings. The normalized spacial score (nSPS) is 11.1. The quantitative estimate of drug-likeness (QED) is 0.562. The lowest BCUT2D eigenvalue weighted by atomic mass is 10.2. The molecule has 28 heavy (non-hydrogen) atoms. The van der Waals surface area contributed by atoms with E-state index in [0.717, 1.165) is 22.2 Å². The molecule has 1 aromatic carbocycles. The highest BCUT2D eigenvalue weighted by atomic mass is 32.1. The number of thiazole rings is 1. The topological polar surface area (TPSA) is 90.0 Å². The lowest BCUT2D eigenvalue weighted by molar-refractivity contribution is 0.0927. The average Bonchev–Trinajstić information content (AvgIpc) is 3.27. The molecule has 8 heteroatoms. The van der Waals surface area contributed by atoms with Crippen molar-refractivity contribution < 1.29 is 9.21 Å². The zero-order valence-electron chi connectivity index (χ0n) is 15.4. The molecule has 3 heterocycles. The van der Waals surface area contributed by atoms with E-state index in [1.54, 1.807) is 24.3 Å². The summed E-state index contributed by atoms with van der Waals surface area (Å²) in [4.78, 5) is 29.0. The van der Waals surface area contributed by atoms with Crippen molar-refractivity contribution in [1.82, 2.24) is 20.1 Å². The van der Waals surface area contributed by atoms with Crippen LogP contribution in [0.15, 0.2) is 51.0 Å². The van der Waals surface area contributed by atoms with Crippen molar-refractivity contribution in [2.24, 2.45) is 0 Å². The van der Waals surface area contributed by atoms with Gasteiger partial charge in [0.1, 0.15) is 5.58 Å². The van der Waals surface area contributed by atoms with Crippen LogP contribution in [0.1, 0.15) is 27.6 Å². The fraction of sp³-hybridized carbons (Fsp3) is 0.200. The minimum absolute atomic E-state index is 0.00491. The van der Waals surface area contributed by atoms with E-state index in [9.17, 15) is 9.59 Å². The summed E-state index contributed by atoms with van der Waals surface area (Å²) in [5.41, 5.74) is 3.00. The van der Waals surface area contributed by atoms with Gasteiger partial charge in [-0.15, -0.1) is 11.3 Å². The fourth-order valence-corrected chi connectivity index (χ4v) is 3.80. The molecule has 0 unspecified atom stereocenters. The van der Waals surface area contributed by atoms with Crippen LogP contribution in [0.4, 0.5) is 0 Å². The largest absolute Gasteiger partial charge is 0.451 e. The predicted octanol–water partition coefficient (Wildman–Crippen LogP) is 3.02. The van der Waals surface area contributed by atoms with Crippen LogP contribution in [-0.4, -0.2) is 27.2 Å². The first-order chi connectivity index (χ1) is 13.5. The van der Waals surface area contributed by atoms with E-state index in [4.69, 9.17) is 4.42 Å². The Morgan fingerprint density at radius 2 is 2.07 bits per heavy atom. The van der Waals surface area contributed by atoms with Crippen LogP contribution in [0, 0.1) is 13.8 Å². The van der Waals surface area contributed by atoms with Crippen LogP contribution in [0.5, 0.6) is 0 Å². The van der Waals surface area contributed by atoms with Crippen molar-refractivity contribution in [3.05, 3.63) is 74.8 Å². The van der Waals surface area contributed by atoms with Crippen molar-refractivity contribution in [1.29, 1.82) is 0 Å². The van der Waals surface area contributed by atoms with Gasteiger partial charge in [0.05, 0.1) is 16.8 Å². The molecular formula is C20H18N4O3S. The molecule has 142 valence electrons. The summed E-state index contributed by atoms with van der Waals surface area (Å²) in [6.45, 7) is 4.31. The maximum Gasteiger partial charge on any atom is 0.287 e. The van der Waals surface area contributed by atoms with Crippen LogP contribution in [0.25, 0.3) is 16.1 Å². The lowest BCUT2D eigenvalue weighted by Gasteiger charge is -2.04. The number of aromatic nitrogens is 3. The molecule has 0 fully saturated rings. The van der Waals surface area contributed by atoms with Gasteiger partial charge in [-0.05, 0) is 32.0 Å². The number of rotatable bonds is 5. The van der Waals surface area contributed by atoms with E-state index < -0.39 is 5.91 Å². The van der Waals surface area contributed by atoms with Crippen molar-refractivity contribution in [2.45, 2.75) is 20.3 Å². The average molecular weight is 394 g/mol. The monoisotopic (exact) mass is 394 g/mol. The van der Waals surface area contributed by atoms with Gasteiger partial charge in [-0.3, -0.25) is 9.59 Å². The lowest BCUT2D eigenvalue weighted by Crippen LogP contribution is -2.26. The number of aryl methyl sites for hydroxylation is 2. The third-order valence-electron chi connectivity index (χ3n) is 4.26. The number of fused-ring (bicyclic) bond motifs is 1. The summed E-state index contributed by atoms with van der Waals surface area (Å²) in [6.07, 6.45) is 0.569. The molecule has 1 N–H and O–H groups in total. The molecule has 3 aromatic heterocycles. The van der Waals surface area contributed by atoms with Crippen LogP contribution in [0.3, 0.4) is 0 Å². The molecule has 0 saturated heterocycles. The zero-order valence-corrected chi connectivity index (χ0v) is 16.2. The summed E-state index contributed by atoms with van der Waals surface area (Å²) in [6, 6.07) is 10.1. The van der Waals surface area contributed by atoms with E-state index in [0.29, 0.717) is 23.9 Å². The number of carbonyl (C=O) groups excluding carboxylic acids is 1. The molecule has 0 bridgehead atoms. The van der Waals surface area contributed by atoms with Crippen molar-refractivity contribution >= 4 is 28.2 Å². The smallest absolute Gasteiger partial charge is 0.287 e. The molecule has 0 aliphatic rings. The standard InChI is InChI=1S/C20H18N4O3S/c1-12-9-13(2)24(23-12)20-22-14(11-28-20)7-8-21-19(26)18-10-16(25)15-5-3-4-6-17(15)27-18/h3-6,9-11H,7-8H2,1-2H3,(H,21,26). The number of hydrogen-bond donors (Lipinski definition) is 1. The Morgan fingerprint density at radius 1 is 1.25 bits per heavy atom. The third kappa shape index (κ3) is 3.59. The minimum Gasteiger partial charge on any atom is -0.451 e. The Morgan fingerprint density at radius 3 is 2.86 bits per heavy atom. The van der Waals surface area contributed by atoms with E-state index in [1.165, 1.54) is 17.4 Å². The maximum absolute atomic E-state index is 12.3. The van der Waals surface area contributed by atoms with Gasteiger partial charge in [0.15, 0.2) is 11.2 Å². The van der Waals surface area contributed by atoms with Gasteiger partial charge in [-0.25, -0.2) is 9.67 Å². The van der Waals surface area contributed by atoms with Crippen molar-refractivity contribution in [2.75, 3.05) is 6.54 Å². The summed E-state index contributed by atoms with van der Waals surface area (Å²) in [7, 11) is 0.